The molecule has 5 rings (SSSR count). The molecule has 1 fully saturated rings. The van der Waals surface area contributed by atoms with Gasteiger partial charge in [-0.1, -0.05) is 140 Å². The number of ketones is 1. The van der Waals surface area contributed by atoms with Crippen LogP contribution >= 0.6 is 23.4 Å². The lowest BCUT2D eigenvalue weighted by molar-refractivity contribution is -0.134. The molecule has 1 saturated carbocycles. The number of carbonyl (C=O) groups is 5. The van der Waals surface area contributed by atoms with Crippen molar-refractivity contribution in [2.24, 2.45) is 0 Å². The molecule has 304 valence electrons. The number of hydrogen-bond acceptors (Lipinski definition) is 7. The van der Waals surface area contributed by atoms with Crippen LogP contribution in [0, 0.1) is 0 Å². The molecule has 5 N–H and O–H groups in total. The lowest BCUT2D eigenvalue weighted by Gasteiger charge is -2.37. The number of Topliss-reactive ketones (excluding diaryl/α,β-unsaturated/α-hetero) is 1. The van der Waals surface area contributed by atoms with Crippen LogP contribution in [-0.2, 0) is 35.1 Å². The van der Waals surface area contributed by atoms with E-state index in [0.29, 0.717) is 23.4 Å². The van der Waals surface area contributed by atoms with Crippen LogP contribution in [0.15, 0.2) is 127 Å². The summed E-state index contributed by atoms with van der Waals surface area (Å²) < 4.78 is -0.848. The minimum Gasteiger partial charge on any atom is -0.389 e. The Morgan fingerprint density at radius 1 is 0.810 bits per heavy atom. The second-order valence-electron chi connectivity index (χ2n) is 14.5. The molecule has 10 nitrogen and oxygen atoms in total. The highest BCUT2D eigenvalue weighted by molar-refractivity contribution is 8.00. The van der Waals surface area contributed by atoms with Gasteiger partial charge in [-0.3, -0.25) is 24.0 Å². The average molecular weight is 823 g/mol. The molecule has 0 aromatic heterocycles. The monoisotopic (exact) mass is 822 g/mol. The molecule has 0 saturated heterocycles. The lowest BCUT2D eigenvalue weighted by Crippen LogP contribution is -2.59. The largest absolute Gasteiger partial charge is 0.389 e. The van der Waals surface area contributed by atoms with Gasteiger partial charge in [0.25, 0.3) is 0 Å². The minimum absolute atomic E-state index is 0.0418. The fourth-order valence-corrected chi connectivity index (χ4v) is 8.48. The molecule has 4 amide bonds. The van der Waals surface area contributed by atoms with E-state index in [-0.39, 0.29) is 30.9 Å². The van der Waals surface area contributed by atoms with Crippen LogP contribution in [0.2, 0.25) is 5.02 Å². The van der Waals surface area contributed by atoms with Crippen molar-refractivity contribution < 1.29 is 29.1 Å². The molecule has 0 radical (unpaired) electrons. The number of halogens is 1. The summed E-state index contributed by atoms with van der Waals surface area (Å²) in [5.74, 6) is -2.45. The first-order valence-electron chi connectivity index (χ1n) is 19.5. The molecule has 0 aliphatic heterocycles. The highest BCUT2D eigenvalue weighted by Crippen LogP contribution is 2.48. The maximum Gasteiger partial charge on any atom is 0.246 e. The van der Waals surface area contributed by atoms with Gasteiger partial charge >= 0.3 is 0 Å². The van der Waals surface area contributed by atoms with E-state index in [4.69, 9.17) is 11.6 Å². The minimum atomic E-state index is -1.23. The predicted octanol–water partition coefficient (Wildman–Crippen LogP) is 6.04. The summed E-state index contributed by atoms with van der Waals surface area (Å²) >= 11 is 7.76. The third kappa shape index (κ3) is 11.9. The van der Waals surface area contributed by atoms with Crippen LogP contribution in [0.3, 0.4) is 0 Å². The van der Waals surface area contributed by atoms with Crippen LogP contribution in [0.25, 0.3) is 0 Å². The Morgan fingerprint density at radius 2 is 1.40 bits per heavy atom. The molecule has 0 bridgehead atoms. The van der Waals surface area contributed by atoms with Crippen LogP contribution in [0.1, 0.15) is 68.2 Å². The molecular weight excluding hydrogens is 772 g/mol. The number of nitrogens with one attached hydrogen (secondary N) is 4. The molecule has 1 aliphatic rings. The number of allylic oxidation sites excluding steroid dienone is 1. The first-order chi connectivity index (χ1) is 28.0. The van der Waals surface area contributed by atoms with Gasteiger partial charge in [0.1, 0.15) is 23.4 Å². The van der Waals surface area contributed by atoms with Crippen LogP contribution in [-0.4, -0.2) is 70.5 Å². The molecule has 1 aliphatic carbocycles. The van der Waals surface area contributed by atoms with Gasteiger partial charge in [-0.15, -0.1) is 11.8 Å². The van der Waals surface area contributed by atoms with Gasteiger partial charge in [-0.05, 0) is 60.6 Å². The Morgan fingerprint density at radius 3 is 1.91 bits per heavy atom. The van der Waals surface area contributed by atoms with Crippen molar-refractivity contribution in [3.8, 4) is 0 Å². The Bertz CT molecular complexity index is 1950. The molecule has 12 heteroatoms. The van der Waals surface area contributed by atoms with Crippen LogP contribution in [0.4, 0.5) is 0 Å². The highest BCUT2D eigenvalue weighted by Gasteiger charge is 2.52. The number of unbranched alkanes of at least 4 members (excludes halogenated alkanes) is 1. The van der Waals surface area contributed by atoms with Crippen molar-refractivity contribution in [2.75, 3.05) is 12.3 Å². The normalized spacial score (nSPS) is 14.8. The Balaban J connectivity index is 1.50. The van der Waals surface area contributed by atoms with Gasteiger partial charge in [0.2, 0.25) is 23.6 Å². The zero-order valence-electron chi connectivity index (χ0n) is 32.8. The maximum absolute atomic E-state index is 14.5. The van der Waals surface area contributed by atoms with Gasteiger partial charge in [0.15, 0.2) is 0 Å². The van der Waals surface area contributed by atoms with Crippen molar-refractivity contribution >= 4 is 52.8 Å². The van der Waals surface area contributed by atoms with Gasteiger partial charge in [-0.25, -0.2) is 0 Å². The maximum atomic E-state index is 14.5. The third-order valence-corrected chi connectivity index (χ3v) is 11.7. The van der Waals surface area contributed by atoms with Crippen molar-refractivity contribution in [1.82, 2.24) is 21.3 Å². The van der Waals surface area contributed by atoms with Crippen molar-refractivity contribution in [3.63, 3.8) is 0 Å². The van der Waals surface area contributed by atoms with E-state index in [2.05, 4.69) is 21.3 Å². The molecule has 0 spiro atoms. The summed E-state index contributed by atoms with van der Waals surface area (Å²) in [4.78, 5) is 67.2. The van der Waals surface area contributed by atoms with E-state index in [1.807, 2.05) is 104 Å². The zero-order chi connectivity index (χ0) is 41.5. The summed E-state index contributed by atoms with van der Waals surface area (Å²) in [5.41, 5.74) is 2.28. The van der Waals surface area contributed by atoms with E-state index in [1.54, 1.807) is 30.3 Å². The zero-order valence-corrected chi connectivity index (χ0v) is 34.4. The first kappa shape index (κ1) is 43.9. The Hall–Kier alpha value is -5.23. The van der Waals surface area contributed by atoms with Gasteiger partial charge in [0.05, 0.1) is 23.8 Å². The van der Waals surface area contributed by atoms with Crippen molar-refractivity contribution in [2.45, 2.75) is 80.8 Å². The lowest BCUT2D eigenvalue weighted by atomic mass is 9.84. The Labute approximate surface area is 349 Å². The number of rotatable bonds is 21. The number of aliphatic hydroxyl groups excluding tert-OH is 1. The summed E-state index contributed by atoms with van der Waals surface area (Å²) in [6.07, 6.45) is 4.45. The molecule has 0 unspecified atom stereocenters. The predicted molar refractivity (Wildman–Crippen MR) is 229 cm³/mol. The summed E-state index contributed by atoms with van der Waals surface area (Å²) in [6.45, 7) is 3.20. The molecule has 0 heterocycles. The van der Waals surface area contributed by atoms with Gasteiger partial charge < -0.3 is 26.4 Å². The Kier molecular flexibility index (Phi) is 15.9. The van der Waals surface area contributed by atoms with Gasteiger partial charge in [0, 0.05) is 17.2 Å². The molecule has 4 aromatic carbocycles. The fraction of sp³-hybridized carbons (Fsp3) is 0.326. The molecule has 3 atom stereocenters. The quantitative estimate of drug-likeness (QED) is 0.0508. The SMILES string of the molecule is CCC/C=C/[C@@H](O)CC(=O)N[C@H](Cc1cccc(Cl)c1)C(=O)N[C@H](CSC(c1ccccc1)(c1ccccc1)c1ccccc1)C(=O)NC1(C(=O)NCC(C)=O)CC1. The summed E-state index contributed by atoms with van der Waals surface area (Å²) in [5, 5.41) is 22.2. The third-order valence-electron chi connectivity index (χ3n) is 9.87. The van der Waals surface area contributed by atoms with E-state index in [0.717, 1.165) is 29.5 Å². The van der Waals surface area contributed by atoms with E-state index in [9.17, 15) is 29.1 Å². The number of amides is 4. The smallest absolute Gasteiger partial charge is 0.246 e. The second-order valence-corrected chi connectivity index (χ2v) is 16.2. The number of hydrogen-bond donors (Lipinski definition) is 5. The summed E-state index contributed by atoms with van der Waals surface area (Å²) in [7, 11) is 0. The number of aliphatic hydroxyl groups is 1. The van der Waals surface area contributed by atoms with E-state index in [1.165, 1.54) is 18.7 Å². The highest BCUT2D eigenvalue weighted by atomic mass is 35.5. The van der Waals surface area contributed by atoms with Crippen LogP contribution in [0.5, 0.6) is 0 Å². The molecule has 4 aromatic rings. The van der Waals surface area contributed by atoms with Crippen molar-refractivity contribution in [3.05, 3.63) is 155 Å². The topological polar surface area (TPSA) is 154 Å². The number of thioether (sulfide) groups is 1. The van der Waals surface area contributed by atoms with Gasteiger partial charge in [-0.2, -0.15) is 0 Å². The van der Waals surface area contributed by atoms with E-state index < -0.39 is 52.1 Å². The number of benzene rings is 4. The summed E-state index contributed by atoms with van der Waals surface area (Å²) in [6, 6.07) is 34.3. The average Bonchev–Trinajstić information content (AvgIpc) is 4.01. The molecule has 58 heavy (non-hydrogen) atoms. The standard InChI is InChI=1S/C46H51ClN4O6S/c1-3-4-8-24-38(53)29-41(54)49-39(28-33-16-15-23-37(47)27-33)42(55)50-40(43(56)51-45(25-26-45)44(57)48-30-32(2)52)31-58-46(34-17-9-5-10-18-34,35-19-11-6-12-20-35)36-21-13-7-14-22-36/h5-24,27,38-40,53H,3-4,25-26,28-31H2,1-2H3,(H,48,57)(H,49,54)(H,50,55)(H,51,56)/b24-8+/t38-,39-,40-/m1/s1. The second kappa shape index (κ2) is 21.0. The van der Waals surface area contributed by atoms with Crippen LogP contribution < -0.4 is 21.3 Å². The number of carbonyl (C=O) groups excluding carboxylic acids is 5. The fourth-order valence-electron chi connectivity index (χ4n) is 6.70. The van der Waals surface area contributed by atoms with Crippen molar-refractivity contribution in [1.29, 1.82) is 0 Å². The molecular formula is C46H51ClN4O6S. The first-order valence-corrected chi connectivity index (χ1v) is 20.9. The van der Waals surface area contributed by atoms with E-state index >= 15 is 0 Å².